The van der Waals surface area contributed by atoms with Crippen LogP contribution in [0.1, 0.15) is 33.9 Å². The molecule has 2 N–H and O–H groups in total. The van der Waals surface area contributed by atoms with Crippen molar-refractivity contribution in [1.29, 1.82) is 0 Å². The monoisotopic (exact) mass is 554 g/mol. The Morgan fingerprint density at radius 2 is 1.81 bits per heavy atom. The lowest BCUT2D eigenvalue weighted by molar-refractivity contribution is -0.137. The quantitative estimate of drug-likeness (QED) is 0.329. The number of sulfonamides is 1. The second kappa shape index (κ2) is 10.8. The van der Waals surface area contributed by atoms with Gasteiger partial charge >= 0.3 is 6.18 Å². The summed E-state index contributed by atoms with van der Waals surface area (Å²) in [5.41, 5.74) is 2.26. The summed E-state index contributed by atoms with van der Waals surface area (Å²) >= 11 is 1.45. The lowest BCUT2D eigenvalue weighted by Crippen LogP contribution is -2.51. The summed E-state index contributed by atoms with van der Waals surface area (Å²) in [4.78, 5) is 13.9. The Hall–Kier alpha value is -2.93. The summed E-state index contributed by atoms with van der Waals surface area (Å²) in [5.74, 6) is -1.06. The smallest absolute Gasteiger partial charge is 0.416 e. The molecule has 37 heavy (non-hydrogen) atoms. The Morgan fingerprint density at radius 1 is 1.14 bits per heavy atom. The van der Waals surface area contributed by atoms with Gasteiger partial charge in [0.25, 0.3) is 5.91 Å². The number of nitrogens with one attached hydrogen (secondary N) is 1. The van der Waals surface area contributed by atoms with Gasteiger partial charge < -0.3 is 4.74 Å². The van der Waals surface area contributed by atoms with Crippen LogP contribution in [0.5, 0.6) is 5.75 Å². The second-order valence-corrected chi connectivity index (χ2v) is 11.5. The van der Waals surface area contributed by atoms with Crippen molar-refractivity contribution in [1.82, 2.24) is 9.79 Å². The van der Waals surface area contributed by atoms with Crippen molar-refractivity contribution in [3.8, 4) is 5.75 Å². The average molecular weight is 555 g/mol. The van der Waals surface area contributed by atoms with Gasteiger partial charge in [-0.15, -0.1) is 11.3 Å². The molecule has 0 fully saturated rings. The Balaban J connectivity index is 1.70. The van der Waals surface area contributed by atoms with Gasteiger partial charge in [0, 0.05) is 17.3 Å². The summed E-state index contributed by atoms with van der Waals surface area (Å²) in [5, 5.41) is 11.4. The Bertz CT molecular complexity index is 1340. The molecule has 0 radical (unpaired) electrons. The standard InChI is InChI=1S/C25H25F3N2O5S2/c1-35-18-7-9-19(10-8-18)37(33,34)30-14-12-22-20(13-15-36-22)21(23(30)24(31)29-32)11-4-16-2-5-17(6-3-16)25(26,27)28/h2-3,5-10,13,15,21,23,32H,4,11-12,14H2,1H3,(H,29,31)/t21-,23-/m1/s1. The summed E-state index contributed by atoms with van der Waals surface area (Å²) in [6.07, 6.45) is -3.52. The number of alkyl halides is 3. The van der Waals surface area contributed by atoms with Gasteiger partial charge in [-0.05, 0) is 78.2 Å². The predicted molar refractivity (Wildman–Crippen MR) is 131 cm³/mol. The van der Waals surface area contributed by atoms with Crippen molar-refractivity contribution in [2.45, 2.75) is 42.3 Å². The third kappa shape index (κ3) is 5.66. The third-order valence-corrected chi connectivity index (χ3v) is 9.39. The van der Waals surface area contributed by atoms with E-state index in [2.05, 4.69) is 0 Å². The van der Waals surface area contributed by atoms with Gasteiger partial charge in [0.2, 0.25) is 10.0 Å². The van der Waals surface area contributed by atoms with E-state index in [4.69, 9.17) is 4.74 Å². The molecule has 2 heterocycles. The molecule has 7 nitrogen and oxygen atoms in total. The van der Waals surface area contributed by atoms with Gasteiger partial charge in [-0.1, -0.05) is 12.1 Å². The van der Waals surface area contributed by atoms with Gasteiger partial charge in [-0.3, -0.25) is 10.0 Å². The number of halogens is 3. The minimum Gasteiger partial charge on any atom is -0.497 e. The first-order valence-electron chi connectivity index (χ1n) is 11.4. The molecule has 1 aromatic heterocycles. The van der Waals surface area contributed by atoms with Crippen LogP contribution in [0.3, 0.4) is 0 Å². The van der Waals surface area contributed by atoms with Crippen LogP contribution in [0, 0.1) is 0 Å². The molecular formula is C25H25F3N2O5S2. The van der Waals surface area contributed by atoms with E-state index < -0.39 is 39.6 Å². The highest BCUT2D eigenvalue weighted by molar-refractivity contribution is 7.89. The number of hydrogen-bond donors (Lipinski definition) is 2. The predicted octanol–water partition coefficient (Wildman–Crippen LogP) is 4.61. The van der Waals surface area contributed by atoms with Crippen LogP contribution in [-0.4, -0.2) is 43.5 Å². The second-order valence-electron chi connectivity index (χ2n) is 8.60. The van der Waals surface area contributed by atoms with Crippen molar-refractivity contribution in [2.24, 2.45) is 0 Å². The zero-order valence-corrected chi connectivity index (χ0v) is 21.4. The maximum Gasteiger partial charge on any atom is 0.416 e. The summed E-state index contributed by atoms with van der Waals surface area (Å²) < 4.78 is 72.5. The molecule has 2 atom stereocenters. The zero-order chi connectivity index (χ0) is 26.8. The molecule has 1 aliphatic heterocycles. The normalized spacial score (nSPS) is 18.6. The number of hydrogen-bond acceptors (Lipinski definition) is 6. The van der Waals surface area contributed by atoms with E-state index in [0.717, 1.165) is 26.9 Å². The number of fused-ring (bicyclic) bond motifs is 1. The van der Waals surface area contributed by atoms with Crippen LogP contribution in [0.25, 0.3) is 0 Å². The number of rotatable bonds is 7. The SMILES string of the molecule is COc1ccc(S(=O)(=O)N2CCc3sccc3[C@@H](CCc3ccc(C(F)(F)F)cc3)[C@@H]2C(=O)NO)cc1. The number of ether oxygens (including phenoxy) is 1. The van der Waals surface area contributed by atoms with Crippen LogP contribution in [0.4, 0.5) is 13.2 Å². The molecule has 1 amide bonds. The molecule has 0 saturated carbocycles. The lowest BCUT2D eigenvalue weighted by atomic mass is 9.86. The number of thiophene rings is 1. The fourth-order valence-corrected chi connectivity index (χ4v) is 7.20. The highest BCUT2D eigenvalue weighted by atomic mass is 32.2. The fourth-order valence-electron chi connectivity index (χ4n) is 4.63. The van der Waals surface area contributed by atoms with Gasteiger partial charge in [0.1, 0.15) is 11.8 Å². The van der Waals surface area contributed by atoms with E-state index in [1.807, 2.05) is 11.4 Å². The van der Waals surface area contributed by atoms with Gasteiger partial charge in [0.15, 0.2) is 0 Å². The van der Waals surface area contributed by atoms with E-state index >= 15 is 0 Å². The number of benzene rings is 2. The molecule has 0 bridgehead atoms. The van der Waals surface area contributed by atoms with E-state index in [9.17, 15) is 31.6 Å². The maximum absolute atomic E-state index is 13.7. The number of hydroxylamine groups is 1. The number of carbonyl (C=O) groups excluding carboxylic acids is 1. The maximum atomic E-state index is 13.7. The van der Waals surface area contributed by atoms with E-state index in [0.29, 0.717) is 24.2 Å². The van der Waals surface area contributed by atoms with E-state index in [-0.39, 0.29) is 17.9 Å². The van der Waals surface area contributed by atoms with Crippen LogP contribution in [0.15, 0.2) is 64.9 Å². The molecule has 1 aliphatic rings. The minimum absolute atomic E-state index is 0.0107. The highest BCUT2D eigenvalue weighted by Gasteiger charge is 2.44. The molecule has 2 aromatic carbocycles. The molecule has 198 valence electrons. The molecule has 0 spiro atoms. The first-order chi connectivity index (χ1) is 17.6. The number of methoxy groups -OCH3 is 1. The molecule has 4 rings (SSSR count). The fraction of sp³-hybridized carbons (Fsp3) is 0.320. The summed E-state index contributed by atoms with van der Waals surface area (Å²) in [6.45, 7) is 0.0107. The highest BCUT2D eigenvalue weighted by Crippen LogP contribution is 2.39. The molecular weight excluding hydrogens is 529 g/mol. The van der Waals surface area contributed by atoms with Crippen LogP contribution >= 0.6 is 11.3 Å². The number of amides is 1. The Kier molecular flexibility index (Phi) is 7.93. The third-order valence-electron chi connectivity index (χ3n) is 6.50. The van der Waals surface area contributed by atoms with Crippen molar-refractivity contribution < 1.29 is 36.3 Å². The average Bonchev–Trinajstić information content (AvgIpc) is 3.29. The number of carbonyl (C=O) groups is 1. The first-order valence-corrected chi connectivity index (χ1v) is 13.7. The van der Waals surface area contributed by atoms with Crippen molar-refractivity contribution in [2.75, 3.05) is 13.7 Å². The van der Waals surface area contributed by atoms with Gasteiger partial charge in [0.05, 0.1) is 17.6 Å². The molecule has 3 aromatic rings. The topological polar surface area (TPSA) is 95.9 Å². The number of nitrogens with zero attached hydrogens (tertiary/aromatic N) is 1. The van der Waals surface area contributed by atoms with Crippen LogP contribution < -0.4 is 10.2 Å². The molecule has 12 heteroatoms. The van der Waals surface area contributed by atoms with Gasteiger partial charge in [-0.2, -0.15) is 17.5 Å². The van der Waals surface area contributed by atoms with Crippen molar-refractivity contribution in [3.63, 3.8) is 0 Å². The van der Waals surface area contributed by atoms with Crippen LogP contribution in [-0.2, 0) is 33.8 Å². The molecule has 0 unspecified atom stereocenters. The zero-order valence-electron chi connectivity index (χ0n) is 19.7. The Morgan fingerprint density at radius 3 is 2.41 bits per heavy atom. The summed E-state index contributed by atoms with van der Waals surface area (Å²) in [7, 11) is -2.70. The van der Waals surface area contributed by atoms with Crippen LogP contribution in [0.2, 0.25) is 0 Å². The first kappa shape index (κ1) is 27.1. The summed E-state index contributed by atoms with van der Waals surface area (Å²) in [6, 6.07) is 11.1. The Labute approximate surface area is 216 Å². The molecule has 0 aliphatic carbocycles. The van der Waals surface area contributed by atoms with E-state index in [1.54, 1.807) is 5.48 Å². The van der Waals surface area contributed by atoms with Crippen molar-refractivity contribution in [3.05, 3.63) is 81.5 Å². The largest absolute Gasteiger partial charge is 0.497 e. The van der Waals surface area contributed by atoms with E-state index in [1.165, 1.54) is 54.8 Å². The lowest BCUT2D eigenvalue weighted by Gasteiger charge is -2.33. The molecule has 0 saturated heterocycles. The van der Waals surface area contributed by atoms with Crippen molar-refractivity contribution >= 4 is 27.3 Å². The van der Waals surface area contributed by atoms with Gasteiger partial charge in [-0.25, -0.2) is 13.9 Å². The minimum atomic E-state index is -4.45. The number of aryl methyl sites for hydroxylation is 1.